The van der Waals surface area contributed by atoms with Gasteiger partial charge in [-0.05, 0) is 27.1 Å². The normalized spacial score (nSPS) is 11.9. The summed E-state index contributed by atoms with van der Waals surface area (Å²) in [7, 11) is 0. The van der Waals surface area contributed by atoms with Gasteiger partial charge in [0.1, 0.15) is 12.4 Å². The predicted molar refractivity (Wildman–Crippen MR) is 107 cm³/mol. The van der Waals surface area contributed by atoms with Crippen LogP contribution >= 0.6 is 0 Å². The highest BCUT2D eigenvalue weighted by molar-refractivity contribution is 5.80. The molecule has 0 saturated carbocycles. The van der Waals surface area contributed by atoms with Crippen LogP contribution in [0.4, 0.5) is 0 Å². The van der Waals surface area contributed by atoms with Crippen LogP contribution in [0.5, 0.6) is 0 Å². The number of nitrogens with one attached hydrogen (secondary N) is 1. The second-order valence-electron chi connectivity index (χ2n) is 6.76. The fourth-order valence-electron chi connectivity index (χ4n) is 3.12. The first-order valence-corrected chi connectivity index (χ1v) is 9.35. The first-order valence-electron chi connectivity index (χ1n) is 9.35. The zero-order valence-corrected chi connectivity index (χ0v) is 15.8. The Labute approximate surface area is 168 Å². The number of nitrogens with zero attached hydrogens (tertiary/aromatic N) is 6. The summed E-state index contributed by atoms with van der Waals surface area (Å²) in [5.41, 5.74) is 3.25. The molecule has 1 unspecified atom stereocenters. The minimum Gasteiger partial charge on any atom is -0.350 e. The molecule has 0 fully saturated rings. The summed E-state index contributed by atoms with van der Waals surface area (Å²) in [5, 5.41) is 14.3. The van der Waals surface area contributed by atoms with Gasteiger partial charge in [0.2, 0.25) is 5.91 Å². The average molecular weight is 387 g/mol. The van der Waals surface area contributed by atoms with Crippen LogP contribution in [0.2, 0.25) is 0 Å². The van der Waals surface area contributed by atoms with Gasteiger partial charge in [-0.1, -0.05) is 54.6 Å². The molecule has 4 aromatic rings. The minimum atomic E-state index is -0.507. The predicted octanol–water partition coefficient (Wildman–Crippen LogP) is 2.02. The van der Waals surface area contributed by atoms with Gasteiger partial charge in [0.25, 0.3) is 0 Å². The van der Waals surface area contributed by atoms with E-state index in [4.69, 9.17) is 0 Å². The SMILES string of the molecule is O=C(NCc1ccc(Cn2ccnc2)cc1)C(Cc1ccccc1)n1cnnn1. The Morgan fingerprint density at radius 2 is 1.76 bits per heavy atom. The highest BCUT2D eigenvalue weighted by atomic mass is 16.2. The van der Waals surface area contributed by atoms with Gasteiger partial charge in [0.15, 0.2) is 0 Å². The van der Waals surface area contributed by atoms with Gasteiger partial charge in [-0.2, -0.15) is 0 Å². The standard InChI is InChI=1S/C21H21N7O/c29-21(20(28-16-24-25-26-28)12-17-4-2-1-3-5-17)23-13-18-6-8-19(9-7-18)14-27-11-10-22-15-27/h1-11,15-16,20H,12-14H2,(H,23,29). The summed E-state index contributed by atoms with van der Waals surface area (Å²) in [6, 6.07) is 17.5. The number of rotatable bonds is 8. The molecule has 2 aromatic carbocycles. The number of amides is 1. The lowest BCUT2D eigenvalue weighted by Gasteiger charge is -2.16. The first kappa shape index (κ1) is 18.5. The lowest BCUT2D eigenvalue weighted by molar-refractivity contribution is -0.124. The molecule has 29 heavy (non-hydrogen) atoms. The molecule has 0 saturated heterocycles. The fraction of sp³-hybridized carbons (Fsp3) is 0.190. The molecule has 0 aliphatic carbocycles. The maximum absolute atomic E-state index is 12.9. The third-order valence-corrected chi connectivity index (χ3v) is 4.67. The number of carbonyl (C=O) groups is 1. The minimum absolute atomic E-state index is 0.122. The Balaban J connectivity index is 1.38. The van der Waals surface area contributed by atoms with E-state index in [0.29, 0.717) is 13.0 Å². The molecule has 8 nitrogen and oxygen atoms in total. The Bertz CT molecular complexity index is 1010. The molecular weight excluding hydrogens is 366 g/mol. The van der Waals surface area contributed by atoms with Gasteiger partial charge in [0, 0.05) is 31.9 Å². The lowest BCUT2D eigenvalue weighted by Crippen LogP contribution is -2.34. The van der Waals surface area contributed by atoms with Crippen molar-refractivity contribution >= 4 is 5.91 Å². The summed E-state index contributed by atoms with van der Waals surface area (Å²) < 4.78 is 3.51. The van der Waals surface area contributed by atoms with Crippen molar-refractivity contribution in [2.24, 2.45) is 0 Å². The smallest absolute Gasteiger partial charge is 0.245 e. The van der Waals surface area contributed by atoms with Crippen LogP contribution in [0.15, 0.2) is 79.6 Å². The number of imidazole rings is 1. The van der Waals surface area contributed by atoms with Gasteiger partial charge >= 0.3 is 0 Å². The van der Waals surface area contributed by atoms with E-state index in [9.17, 15) is 4.79 Å². The van der Waals surface area contributed by atoms with E-state index in [1.165, 1.54) is 16.6 Å². The summed E-state index contributed by atoms with van der Waals surface area (Å²) >= 11 is 0. The van der Waals surface area contributed by atoms with Crippen molar-refractivity contribution in [3.8, 4) is 0 Å². The van der Waals surface area contributed by atoms with Crippen molar-refractivity contribution < 1.29 is 4.79 Å². The number of hydrogen-bond donors (Lipinski definition) is 1. The van der Waals surface area contributed by atoms with Gasteiger partial charge in [0.05, 0.1) is 6.33 Å². The van der Waals surface area contributed by atoms with Crippen LogP contribution in [-0.4, -0.2) is 35.7 Å². The first-order chi connectivity index (χ1) is 14.3. The van der Waals surface area contributed by atoms with Crippen LogP contribution in [0.1, 0.15) is 22.7 Å². The fourth-order valence-corrected chi connectivity index (χ4v) is 3.12. The van der Waals surface area contributed by atoms with E-state index in [2.05, 4.69) is 38.0 Å². The topological polar surface area (TPSA) is 90.5 Å². The number of hydrogen-bond acceptors (Lipinski definition) is 5. The number of aromatic nitrogens is 6. The van der Waals surface area contributed by atoms with Crippen molar-refractivity contribution in [3.63, 3.8) is 0 Å². The second kappa shape index (κ2) is 8.92. The molecule has 1 amide bonds. The molecule has 0 spiro atoms. The van der Waals surface area contributed by atoms with Crippen LogP contribution in [0.25, 0.3) is 0 Å². The van der Waals surface area contributed by atoms with Crippen LogP contribution < -0.4 is 5.32 Å². The molecular formula is C21H21N7O. The number of carbonyl (C=O) groups excluding carboxylic acids is 1. The van der Waals surface area contributed by atoms with E-state index in [1.807, 2.05) is 53.2 Å². The summed E-state index contributed by atoms with van der Waals surface area (Å²) in [5.74, 6) is -0.122. The molecule has 4 rings (SSSR count). The molecule has 0 radical (unpaired) electrons. The van der Waals surface area contributed by atoms with Crippen molar-refractivity contribution in [2.75, 3.05) is 0 Å². The summed E-state index contributed by atoms with van der Waals surface area (Å²) in [6.07, 6.45) is 7.47. The van der Waals surface area contributed by atoms with E-state index in [1.54, 1.807) is 12.5 Å². The molecule has 2 heterocycles. The van der Waals surface area contributed by atoms with Crippen molar-refractivity contribution in [3.05, 3.63) is 96.3 Å². The average Bonchev–Trinajstić information content (AvgIpc) is 3.46. The van der Waals surface area contributed by atoms with Gasteiger partial charge in [-0.3, -0.25) is 4.79 Å². The maximum Gasteiger partial charge on any atom is 0.245 e. The third-order valence-electron chi connectivity index (χ3n) is 4.67. The monoisotopic (exact) mass is 387 g/mol. The number of tetrazole rings is 1. The molecule has 0 aliphatic heterocycles. The summed E-state index contributed by atoms with van der Waals surface area (Å²) in [6.45, 7) is 1.21. The van der Waals surface area contributed by atoms with E-state index < -0.39 is 6.04 Å². The molecule has 146 valence electrons. The maximum atomic E-state index is 12.9. The molecule has 2 aromatic heterocycles. The molecule has 8 heteroatoms. The van der Waals surface area contributed by atoms with E-state index in [0.717, 1.165) is 17.7 Å². The molecule has 1 N–H and O–H groups in total. The second-order valence-corrected chi connectivity index (χ2v) is 6.76. The van der Waals surface area contributed by atoms with Gasteiger partial charge in [-0.15, -0.1) is 5.10 Å². The Hall–Kier alpha value is -3.81. The highest BCUT2D eigenvalue weighted by Crippen LogP contribution is 2.14. The third kappa shape index (κ3) is 4.92. The van der Waals surface area contributed by atoms with Crippen LogP contribution in [-0.2, 0) is 24.3 Å². The van der Waals surface area contributed by atoms with Crippen molar-refractivity contribution in [1.29, 1.82) is 0 Å². The Morgan fingerprint density at radius 3 is 2.45 bits per heavy atom. The molecule has 1 atom stereocenters. The quantitative estimate of drug-likeness (QED) is 0.499. The van der Waals surface area contributed by atoms with Gasteiger partial charge < -0.3 is 9.88 Å². The van der Waals surface area contributed by atoms with Gasteiger partial charge in [-0.25, -0.2) is 9.67 Å². The van der Waals surface area contributed by atoms with Crippen molar-refractivity contribution in [2.45, 2.75) is 25.6 Å². The van der Waals surface area contributed by atoms with E-state index in [-0.39, 0.29) is 5.91 Å². The summed E-state index contributed by atoms with van der Waals surface area (Å²) in [4.78, 5) is 16.9. The Kier molecular flexibility index (Phi) is 5.70. The lowest BCUT2D eigenvalue weighted by atomic mass is 10.1. The van der Waals surface area contributed by atoms with Crippen LogP contribution in [0, 0.1) is 0 Å². The Morgan fingerprint density at radius 1 is 0.966 bits per heavy atom. The largest absolute Gasteiger partial charge is 0.350 e. The zero-order valence-electron chi connectivity index (χ0n) is 15.8. The molecule has 0 aliphatic rings. The van der Waals surface area contributed by atoms with Crippen molar-refractivity contribution in [1.82, 2.24) is 35.1 Å². The number of benzene rings is 2. The molecule has 0 bridgehead atoms. The van der Waals surface area contributed by atoms with Crippen LogP contribution in [0.3, 0.4) is 0 Å². The highest BCUT2D eigenvalue weighted by Gasteiger charge is 2.22. The zero-order chi connectivity index (χ0) is 19.9. The van der Waals surface area contributed by atoms with E-state index >= 15 is 0 Å².